The van der Waals surface area contributed by atoms with E-state index in [1.54, 1.807) is 0 Å². The average Bonchev–Trinajstić information content (AvgIpc) is 2.62. The SMILES string of the molecule is C1CCSC1.CCCC(=O)OC. The van der Waals surface area contributed by atoms with Crippen LogP contribution in [-0.4, -0.2) is 24.6 Å². The van der Waals surface area contributed by atoms with Gasteiger partial charge in [-0.1, -0.05) is 6.92 Å². The number of hydrogen-bond acceptors (Lipinski definition) is 3. The van der Waals surface area contributed by atoms with E-state index in [2.05, 4.69) is 16.5 Å². The molecular weight excluding hydrogens is 172 g/mol. The fourth-order valence-corrected chi connectivity index (χ4v) is 1.84. The highest BCUT2D eigenvalue weighted by molar-refractivity contribution is 7.99. The van der Waals surface area contributed by atoms with Crippen molar-refractivity contribution in [1.82, 2.24) is 0 Å². The van der Waals surface area contributed by atoms with Crippen molar-refractivity contribution >= 4 is 17.7 Å². The van der Waals surface area contributed by atoms with Crippen LogP contribution in [0.3, 0.4) is 0 Å². The van der Waals surface area contributed by atoms with Gasteiger partial charge in [0.15, 0.2) is 0 Å². The minimum atomic E-state index is -0.123. The van der Waals surface area contributed by atoms with Crippen molar-refractivity contribution in [3.63, 3.8) is 0 Å². The minimum absolute atomic E-state index is 0.123. The molecule has 0 atom stereocenters. The Bertz CT molecular complexity index is 103. The lowest BCUT2D eigenvalue weighted by Gasteiger charge is -1.91. The Morgan fingerprint density at radius 3 is 2.17 bits per heavy atom. The van der Waals surface area contributed by atoms with Crippen LogP contribution < -0.4 is 0 Å². The topological polar surface area (TPSA) is 26.3 Å². The van der Waals surface area contributed by atoms with Gasteiger partial charge < -0.3 is 4.74 Å². The van der Waals surface area contributed by atoms with Crippen LogP contribution in [0.15, 0.2) is 0 Å². The molecule has 0 N–H and O–H groups in total. The van der Waals surface area contributed by atoms with Crippen LogP contribution in [0, 0.1) is 0 Å². The summed E-state index contributed by atoms with van der Waals surface area (Å²) in [5.41, 5.74) is 0. The zero-order valence-electron chi connectivity index (χ0n) is 7.97. The molecule has 0 saturated carbocycles. The molecule has 0 aromatic rings. The van der Waals surface area contributed by atoms with E-state index in [9.17, 15) is 4.79 Å². The first-order chi connectivity index (χ1) is 5.81. The highest BCUT2D eigenvalue weighted by Crippen LogP contribution is 2.14. The van der Waals surface area contributed by atoms with Crippen molar-refractivity contribution in [2.75, 3.05) is 18.6 Å². The van der Waals surface area contributed by atoms with Crippen LogP contribution >= 0.6 is 11.8 Å². The van der Waals surface area contributed by atoms with E-state index >= 15 is 0 Å². The van der Waals surface area contributed by atoms with Gasteiger partial charge >= 0.3 is 5.97 Å². The normalized spacial score (nSPS) is 14.8. The van der Waals surface area contributed by atoms with Gasteiger partial charge in [0.1, 0.15) is 0 Å². The van der Waals surface area contributed by atoms with Crippen molar-refractivity contribution in [1.29, 1.82) is 0 Å². The molecule has 0 amide bonds. The summed E-state index contributed by atoms with van der Waals surface area (Å²) in [6, 6.07) is 0. The Balaban J connectivity index is 0.000000211. The number of esters is 1. The van der Waals surface area contributed by atoms with E-state index in [0.29, 0.717) is 6.42 Å². The monoisotopic (exact) mass is 190 g/mol. The molecule has 1 heterocycles. The molecule has 1 fully saturated rings. The van der Waals surface area contributed by atoms with Crippen LogP contribution in [0.2, 0.25) is 0 Å². The maximum atomic E-state index is 10.2. The second-order valence-electron chi connectivity index (χ2n) is 2.65. The third-order valence-electron chi connectivity index (χ3n) is 1.51. The van der Waals surface area contributed by atoms with Crippen LogP contribution in [0.25, 0.3) is 0 Å². The van der Waals surface area contributed by atoms with Crippen molar-refractivity contribution in [3.8, 4) is 0 Å². The van der Waals surface area contributed by atoms with E-state index in [4.69, 9.17) is 0 Å². The number of rotatable bonds is 2. The second-order valence-corrected chi connectivity index (χ2v) is 3.87. The minimum Gasteiger partial charge on any atom is -0.469 e. The maximum Gasteiger partial charge on any atom is 0.305 e. The fourth-order valence-electron chi connectivity index (χ4n) is 0.816. The predicted molar refractivity (Wildman–Crippen MR) is 53.5 cm³/mol. The van der Waals surface area contributed by atoms with Gasteiger partial charge in [-0.25, -0.2) is 0 Å². The van der Waals surface area contributed by atoms with E-state index in [1.165, 1.54) is 31.5 Å². The lowest BCUT2D eigenvalue weighted by molar-refractivity contribution is -0.140. The van der Waals surface area contributed by atoms with Crippen LogP contribution in [0.1, 0.15) is 32.6 Å². The highest BCUT2D eigenvalue weighted by Gasteiger charge is 1.95. The molecule has 0 aliphatic carbocycles. The number of methoxy groups -OCH3 is 1. The second kappa shape index (κ2) is 8.91. The summed E-state index contributed by atoms with van der Waals surface area (Å²) in [6.45, 7) is 1.94. The molecule has 0 bridgehead atoms. The van der Waals surface area contributed by atoms with E-state index in [0.717, 1.165) is 6.42 Å². The first-order valence-electron chi connectivity index (χ1n) is 4.45. The fraction of sp³-hybridized carbons (Fsp3) is 0.889. The molecule has 0 aromatic heterocycles. The molecule has 0 aromatic carbocycles. The van der Waals surface area contributed by atoms with Gasteiger partial charge in [0.2, 0.25) is 0 Å². The van der Waals surface area contributed by atoms with Crippen molar-refractivity contribution in [2.45, 2.75) is 32.6 Å². The highest BCUT2D eigenvalue weighted by atomic mass is 32.2. The van der Waals surface area contributed by atoms with Crippen LogP contribution in [-0.2, 0) is 9.53 Å². The standard InChI is InChI=1S/C5H10O2.C4H8S/c1-3-4-5(6)7-2;1-2-4-5-3-1/h3-4H2,1-2H3;1-4H2. The smallest absolute Gasteiger partial charge is 0.305 e. The van der Waals surface area contributed by atoms with Gasteiger partial charge in [-0.2, -0.15) is 11.8 Å². The number of hydrogen-bond donors (Lipinski definition) is 0. The summed E-state index contributed by atoms with van der Waals surface area (Å²) in [5.74, 6) is 2.71. The number of thioether (sulfide) groups is 1. The van der Waals surface area contributed by atoms with Crippen LogP contribution in [0.4, 0.5) is 0 Å². The van der Waals surface area contributed by atoms with Gasteiger partial charge in [-0.3, -0.25) is 4.79 Å². The molecule has 1 saturated heterocycles. The Kier molecular flexibility index (Phi) is 8.78. The van der Waals surface area contributed by atoms with Crippen LogP contribution in [0.5, 0.6) is 0 Å². The van der Waals surface area contributed by atoms with Gasteiger partial charge in [0.25, 0.3) is 0 Å². The number of ether oxygens (including phenoxy) is 1. The van der Waals surface area contributed by atoms with E-state index in [-0.39, 0.29) is 5.97 Å². The van der Waals surface area contributed by atoms with E-state index < -0.39 is 0 Å². The summed E-state index contributed by atoms with van der Waals surface area (Å²) in [7, 11) is 1.40. The maximum absolute atomic E-state index is 10.2. The summed E-state index contributed by atoms with van der Waals surface area (Å²) in [4.78, 5) is 10.2. The van der Waals surface area contributed by atoms with E-state index in [1.807, 2.05) is 6.92 Å². The molecule has 1 aliphatic rings. The predicted octanol–water partition coefficient (Wildman–Crippen LogP) is 2.47. The zero-order valence-corrected chi connectivity index (χ0v) is 8.78. The first-order valence-corrected chi connectivity index (χ1v) is 5.61. The lowest BCUT2D eigenvalue weighted by Crippen LogP contribution is -1.97. The summed E-state index contributed by atoms with van der Waals surface area (Å²) in [5, 5.41) is 0. The summed E-state index contributed by atoms with van der Waals surface area (Å²) < 4.78 is 4.35. The van der Waals surface area contributed by atoms with Crippen molar-refractivity contribution in [2.24, 2.45) is 0 Å². The molecule has 0 radical (unpaired) electrons. The molecule has 12 heavy (non-hydrogen) atoms. The van der Waals surface area contributed by atoms with Gasteiger partial charge in [-0.15, -0.1) is 0 Å². The summed E-state index contributed by atoms with van der Waals surface area (Å²) in [6.07, 6.45) is 4.33. The molecule has 0 unspecified atom stereocenters. The van der Waals surface area contributed by atoms with Gasteiger partial charge in [0, 0.05) is 6.42 Å². The Morgan fingerprint density at radius 1 is 1.42 bits per heavy atom. The Morgan fingerprint density at radius 2 is 2.00 bits per heavy atom. The molecule has 2 nitrogen and oxygen atoms in total. The molecule has 0 spiro atoms. The molecule has 1 aliphatic heterocycles. The number of carbonyl (C=O) groups is 1. The Labute approximate surface area is 79.1 Å². The molecule has 72 valence electrons. The first kappa shape index (κ1) is 11.8. The molecule has 1 rings (SSSR count). The number of carbonyl (C=O) groups excluding carboxylic acids is 1. The third kappa shape index (κ3) is 7.92. The van der Waals surface area contributed by atoms with Gasteiger partial charge in [0.05, 0.1) is 7.11 Å². The molecule has 3 heteroatoms. The van der Waals surface area contributed by atoms with Crippen molar-refractivity contribution in [3.05, 3.63) is 0 Å². The average molecular weight is 190 g/mol. The summed E-state index contributed by atoms with van der Waals surface area (Å²) >= 11 is 2.07. The largest absolute Gasteiger partial charge is 0.469 e. The van der Waals surface area contributed by atoms with Gasteiger partial charge in [-0.05, 0) is 30.8 Å². The Hall–Kier alpha value is -0.180. The quantitative estimate of drug-likeness (QED) is 0.626. The van der Waals surface area contributed by atoms with Crippen molar-refractivity contribution < 1.29 is 9.53 Å². The lowest BCUT2D eigenvalue weighted by atomic mass is 10.3. The zero-order chi connectivity index (χ0) is 9.23. The molecular formula is C9H18O2S. The third-order valence-corrected chi connectivity index (χ3v) is 2.66.